The van der Waals surface area contributed by atoms with Gasteiger partial charge in [-0.3, -0.25) is 0 Å². The van der Waals surface area contributed by atoms with E-state index in [1.54, 1.807) is 6.07 Å². The van der Waals surface area contributed by atoms with Gasteiger partial charge >= 0.3 is 0 Å². The highest BCUT2D eigenvalue weighted by Crippen LogP contribution is 2.23. The Labute approximate surface area is 116 Å². The van der Waals surface area contributed by atoms with Gasteiger partial charge in [-0.25, -0.2) is 13.1 Å². The number of aliphatic hydroxyl groups excluding tert-OH is 1. The Morgan fingerprint density at radius 2 is 2.06 bits per heavy atom. The number of nitrogens with one attached hydrogen (secondary N) is 1. The molecule has 5 nitrogen and oxygen atoms in total. The molecule has 1 aromatic carbocycles. The van der Waals surface area contributed by atoms with Gasteiger partial charge in [0.25, 0.3) is 0 Å². The van der Waals surface area contributed by atoms with Gasteiger partial charge in [0, 0.05) is 10.5 Å². The van der Waals surface area contributed by atoms with E-state index in [0.717, 1.165) is 0 Å². The maximum atomic E-state index is 12.2. The van der Waals surface area contributed by atoms with Crippen LogP contribution in [0.3, 0.4) is 0 Å². The molecule has 0 bridgehead atoms. The summed E-state index contributed by atoms with van der Waals surface area (Å²) >= 11 is 3.20. The molecule has 0 radical (unpaired) electrons. The second-order valence-corrected chi connectivity index (χ2v) is 6.93. The lowest BCUT2D eigenvalue weighted by Crippen LogP contribution is -2.41. The van der Waals surface area contributed by atoms with E-state index >= 15 is 0 Å². The Kier molecular flexibility index (Phi) is 5.15. The van der Waals surface area contributed by atoms with E-state index in [2.05, 4.69) is 20.7 Å². The Hall–Kier alpha value is -0.630. The van der Waals surface area contributed by atoms with Gasteiger partial charge in [-0.1, -0.05) is 29.8 Å². The molecule has 0 amide bonds. The lowest BCUT2D eigenvalue weighted by Gasteiger charge is -2.20. The third kappa shape index (κ3) is 3.68. The van der Waals surface area contributed by atoms with Crippen LogP contribution in [0.5, 0.6) is 0 Å². The van der Waals surface area contributed by atoms with Crippen LogP contribution in [0.15, 0.2) is 27.6 Å². The van der Waals surface area contributed by atoms with Crippen molar-refractivity contribution in [3.05, 3.63) is 22.7 Å². The van der Waals surface area contributed by atoms with Gasteiger partial charge in [0.2, 0.25) is 10.0 Å². The smallest absolute Gasteiger partial charge is 0.242 e. The fourth-order valence-electron chi connectivity index (χ4n) is 1.39. The molecule has 1 aromatic rings. The van der Waals surface area contributed by atoms with Crippen molar-refractivity contribution < 1.29 is 13.5 Å². The predicted octanol–water partition coefficient (Wildman–Crippen LogP) is 1.33. The third-order valence-corrected chi connectivity index (χ3v) is 4.61. The molecule has 0 heterocycles. The molecule has 0 aliphatic carbocycles. The Bertz CT molecular complexity index is 517. The van der Waals surface area contributed by atoms with Crippen LogP contribution in [0.1, 0.15) is 13.8 Å². The van der Waals surface area contributed by atoms with Gasteiger partial charge in [-0.15, -0.1) is 0 Å². The minimum Gasteiger partial charge on any atom is -0.398 e. The number of nitrogen functional groups attached to an aromatic ring is 1. The van der Waals surface area contributed by atoms with E-state index in [1.807, 2.05) is 13.8 Å². The highest BCUT2D eigenvalue weighted by molar-refractivity contribution is 9.10. The van der Waals surface area contributed by atoms with Crippen molar-refractivity contribution in [1.29, 1.82) is 0 Å². The maximum absolute atomic E-state index is 12.2. The van der Waals surface area contributed by atoms with Crippen molar-refractivity contribution in [3.8, 4) is 0 Å². The van der Waals surface area contributed by atoms with Gasteiger partial charge in [-0.2, -0.15) is 0 Å². The molecule has 0 aliphatic heterocycles. The molecule has 18 heavy (non-hydrogen) atoms. The summed E-state index contributed by atoms with van der Waals surface area (Å²) in [5.74, 6) is -0.0156. The Morgan fingerprint density at radius 1 is 1.44 bits per heavy atom. The molecule has 102 valence electrons. The normalized spacial score (nSPS) is 13.8. The van der Waals surface area contributed by atoms with Crippen LogP contribution >= 0.6 is 15.9 Å². The number of aliphatic hydroxyl groups is 1. The standard InChI is InChI=1S/C11H17BrN2O3S/c1-7(2)10(6-15)14-18(16,17)11-5-8(12)3-4-9(11)13/h3-5,7,10,14-15H,6,13H2,1-2H3/t10-/m1/s1. The SMILES string of the molecule is CC(C)[C@@H](CO)NS(=O)(=O)c1cc(Br)ccc1N. The average molecular weight is 337 g/mol. The topological polar surface area (TPSA) is 92.4 Å². The van der Waals surface area contributed by atoms with E-state index < -0.39 is 16.1 Å². The molecule has 1 rings (SSSR count). The summed E-state index contributed by atoms with van der Waals surface area (Å²) in [7, 11) is -3.73. The number of rotatable bonds is 5. The first-order valence-electron chi connectivity index (χ1n) is 5.46. The number of anilines is 1. The lowest BCUT2D eigenvalue weighted by atomic mass is 10.1. The minimum absolute atomic E-state index is 0.0102. The summed E-state index contributed by atoms with van der Waals surface area (Å²) in [5.41, 5.74) is 5.84. The van der Waals surface area contributed by atoms with E-state index in [4.69, 9.17) is 10.8 Å². The molecule has 0 fully saturated rings. The Morgan fingerprint density at radius 3 is 2.56 bits per heavy atom. The summed E-state index contributed by atoms with van der Waals surface area (Å²) in [6.07, 6.45) is 0. The third-order valence-electron chi connectivity index (χ3n) is 2.57. The highest BCUT2D eigenvalue weighted by Gasteiger charge is 2.23. The molecular formula is C11H17BrN2O3S. The molecule has 0 saturated heterocycles. The second kappa shape index (κ2) is 6.01. The van der Waals surface area contributed by atoms with Crippen molar-refractivity contribution in [3.63, 3.8) is 0 Å². The van der Waals surface area contributed by atoms with Crippen LogP contribution in [0.2, 0.25) is 0 Å². The van der Waals surface area contributed by atoms with Gasteiger partial charge < -0.3 is 10.8 Å². The van der Waals surface area contributed by atoms with E-state index in [1.165, 1.54) is 12.1 Å². The van der Waals surface area contributed by atoms with Gasteiger partial charge in [-0.05, 0) is 24.1 Å². The van der Waals surface area contributed by atoms with Crippen molar-refractivity contribution in [2.24, 2.45) is 5.92 Å². The fourth-order valence-corrected chi connectivity index (χ4v) is 3.43. The molecular weight excluding hydrogens is 320 g/mol. The van der Waals surface area contributed by atoms with Gasteiger partial charge in [0.1, 0.15) is 4.90 Å². The van der Waals surface area contributed by atoms with E-state index in [0.29, 0.717) is 4.47 Å². The molecule has 1 atom stereocenters. The summed E-state index contributed by atoms with van der Waals surface area (Å²) in [4.78, 5) is 0.0102. The highest BCUT2D eigenvalue weighted by atomic mass is 79.9. The molecule has 0 spiro atoms. The number of hydrogen-bond acceptors (Lipinski definition) is 4. The second-order valence-electron chi connectivity index (χ2n) is 4.34. The minimum atomic E-state index is -3.73. The molecule has 7 heteroatoms. The van der Waals surface area contributed by atoms with Gasteiger partial charge in [0.15, 0.2) is 0 Å². The largest absolute Gasteiger partial charge is 0.398 e. The van der Waals surface area contributed by atoms with Crippen LogP contribution in [0, 0.1) is 5.92 Å². The monoisotopic (exact) mass is 336 g/mol. The number of halogens is 1. The van der Waals surface area contributed by atoms with Crippen LogP contribution in [-0.4, -0.2) is 26.2 Å². The quantitative estimate of drug-likeness (QED) is 0.707. The molecule has 0 saturated carbocycles. The lowest BCUT2D eigenvalue weighted by molar-refractivity contribution is 0.227. The van der Waals surface area contributed by atoms with Crippen LogP contribution in [0.4, 0.5) is 5.69 Å². The van der Waals surface area contributed by atoms with Crippen LogP contribution < -0.4 is 10.5 Å². The van der Waals surface area contributed by atoms with E-state index in [-0.39, 0.29) is 23.1 Å². The number of nitrogens with two attached hydrogens (primary N) is 1. The fraction of sp³-hybridized carbons (Fsp3) is 0.455. The number of benzene rings is 1. The molecule has 0 aromatic heterocycles. The number of hydrogen-bond donors (Lipinski definition) is 3. The summed E-state index contributed by atoms with van der Waals surface area (Å²) in [6, 6.07) is 4.09. The zero-order valence-electron chi connectivity index (χ0n) is 10.2. The van der Waals surface area contributed by atoms with Crippen molar-refractivity contribution in [2.75, 3.05) is 12.3 Å². The zero-order valence-corrected chi connectivity index (χ0v) is 12.6. The first-order valence-corrected chi connectivity index (χ1v) is 7.73. The van der Waals surface area contributed by atoms with Crippen molar-refractivity contribution in [1.82, 2.24) is 4.72 Å². The molecule has 0 aliphatic rings. The first-order chi connectivity index (χ1) is 8.27. The average Bonchev–Trinajstić information content (AvgIpc) is 2.28. The molecule has 0 unspecified atom stereocenters. The van der Waals surface area contributed by atoms with E-state index in [9.17, 15) is 8.42 Å². The van der Waals surface area contributed by atoms with Crippen molar-refractivity contribution in [2.45, 2.75) is 24.8 Å². The summed E-state index contributed by atoms with van der Waals surface area (Å²) < 4.78 is 27.4. The molecule has 4 N–H and O–H groups in total. The first kappa shape index (κ1) is 15.4. The predicted molar refractivity (Wildman–Crippen MR) is 74.6 cm³/mol. The number of sulfonamides is 1. The summed E-state index contributed by atoms with van der Waals surface area (Å²) in [6.45, 7) is 3.39. The zero-order chi connectivity index (χ0) is 13.9. The Balaban J connectivity index is 3.10. The van der Waals surface area contributed by atoms with Crippen molar-refractivity contribution >= 4 is 31.6 Å². The van der Waals surface area contributed by atoms with Gasteiger partial charge in [0.05, 0.1) is 12.3 Å². The van der Waals surface area contributed by atoms with Crippen LogP contribution in [-0.2, 0) is 10.0 Å². The maximum Gasteiger partial charge on any atom is 0.242 e. The van der Waals surface area contributed by atoms with Crippen LogP contribution in [0.25, 0.3) is 0 Å². The summed E-state index contributed by atoms with van der Waals surface area (Å²) in [5, 5.41) is 9.16.